The van der Waals surface area contributed by atoms with Crippen LogP contribution in [0.4, 0.5) is 0 Å². The van der Waals surface area contributed by atoms with Gasteiger partial charge in [-0.25, -0.2) is 0 Å². The molecule has 1 aromatic carbocycles. The van der Waals surface area contributed by atoms with Crippen molar-refractivity contribution in [2.24, 2.45) is 5.92 Å². The minimum Gasteiger partial charge on any atom is -0.337 e. The van der Waals surface area contributed by atoms with Crippen LogP contribution in [-0.4, -0.2) is 41.2 Å². The summed E-state index contributed by atoms with van der Waals surface area (Å²) in [7, 11) is 0. The molecule has 0 spiro atoms. The molecule has 3 heterocycles. The molecule has 2 unspecified atom stereocenters. The number of thiophene rings is 1. The topological polar surface area (TPSA) is 40.6 Å². The molecule has 4 nitrogen and oxygen atoms in total. The quantitative estimate of drug-likeness (QED) is 0.823. The summed E-state index contributed by atoms with van der Waals surface area (Å²) in [5, 5.41) is 1.93. The number of piperidine rings is 1. The van der Waals surface area contributed by atoms with Gasteiger partial charge in [0.25, 0.3) is 5.91 Å². The highest BCUT2D eigenvalue weighted by molar-refractivity contribution is 7.12. The standard InChI is InChI=1S/C21H24N2O2S/c24-20(23-13-5-10-18(23)16-7-2-1-3-8-16)17-9-4-12-22(15-17)21(25)19-11-6-14-26-19/h1-3,6-8,11,14,17-18H,4-5,9-10,12-13,15H2. The highest BCUT2D eigenvalue weighted by Crippen LogP contribution is 2.34. The molecule has 2 aliphatic heterocycles. The van der Waals surface area contributed by atoms with Crippen LogP contribution in [0.5, 0.6) is 0 Å². The highest BCUT2D eigenvalue weighted by Gasteiger charge is 2.36. The number of hydrogen-bond acceptors (Lipinski definition) is 3. The molecule has 2 aliphatic rings. The third kappa shape index (κ3) is 3.40. The van der Waals surface area contributed by atoms with Gasteiger partial charge in [0.15, 0.2) is 0 Å². The molecule has 0 saturated carbocycles. The van der Waals surface area contributed by atoms with Crippen LogP contribution in [0.1, 0.15) is 47.0 Å². The van der Waals surface area contributed by atoms with E-state index in [4.69, 9.17) is 0 Å². The van der Waals surface area contributed by atoms with E-state index in [1.807, 2.05) is 40.6 Å². The summed E-state index contributed by atoms with van der Waals surface area (Å²) in [6.45, 7) is 2.13. The third-order valence-corrected chi connectivity index (χ3v) is 6.37. The maximum Gasteiger partial charge on any atom is 0.263 e. The molecule has 1 aromatic heterocycles. The summed E-state index contributed by atoms with van der Waals surface area (Å²) in [5.74, 6) is 0.218. The van der Waals surface area contributed by atoms with Crippen molar-refractivity contribution in [2.45, 2.75) is 31.7 Å². The summed E-state index contributed by atoms with van der Waals surface area (Å²) in [6.07, 6.45) is 3.86. The van der Waals surface area contributed by atoms with Crippen LogP contribution in [0.2, 0.25) is 0 Å². The Hall–Kier alpha value is -2.14. The Kier molecular flexibility index (Phi) is 5.07. The van der Waals surface area contributed by atoms with Crippen molar-refractivity contribution in [3.63, 3.8) is 0 Å². The molecule has 2 atom stereocenters. The monoisotopic (exact) mass is 368 g/mol. The Bertz CT molecular complexity index is 760. The largest absolute Gasteiger partial charge is 0.337 e. The first-order valence-electron chi connectivity index (χ1n) is 9.42. The Labute approximate surface area is 158 Å². The number of carbonyl (C=O) groups excluding carboxylic acids is 2. The lowest BCUT2D eigenvalue weighted by atomic mass is 9.95. The fraction of sp³-hybridized carbons (Fsp3) is 0.429. The number of rotatable bonds is 3. The van der Waals surface area contributed by atoms with E-state index in [0.717, 1.165) is 43.6 Å². The maximum atomic E-state index is 13.2. The number of carbonyl (C=O) groups is 2. The zero-order chi connectivity index (χ0) is 17.9. The van der Waals surface area contributed by atoms with E-state index in [9.17, 15) is 9.59 Å². The molecule has 0 N–H and O–H groups in total. The molecule has 0 radical (unpaired) electrons. The van der Waals surface area contributed by atoms with Crippen molar-refractivity contribution in [1.82, 2.24) is 9.80 Å². The summed E-state index contributed by atoms with van der Waals surface area (Å²) >= 11 is 1.47. The van der Waals surface area contributed by atoms with E-state index in [0.29, 0.717) is 6.54 Å². The van der Waals surface area contributed by atoms with Crippen LogP contribution < -0.4 is 0 Å². The van der Waals surface area contributed by atoms with Gasteiger partial charge >= 0.3 is 0 Å². The lowest BCUT2D eigenvalue weighted by molar-refractivity contribution is -0.137. The van der Waals surface area contributed by atoms with Gasteiger partial charge in [-0.1, -0.05) is 36.4 Å². The molecule has 5 heteroatoms. The molecule has 4 rings (SSSR count). The second-order valence-corrected chi connectivity index (χ2v) is 8.12. The molecule has 2 saturated heterocycles. The van der Waals surface area contributed by atoms with Crippen molar-refractivity contribution in [3.05, 3.63) is 58.3 Å². The number of nitrogens with zero attached hydrogens (tertiary/aromatic N) is 2. The SMILES string of the molecule is O=C(c1cccs1)N1CCCC(C(=O)N2CCCC2c2ccccc2)C1. The lowest BCUT2D eigenvalue weighted by Crippen LogP contribution is -2.46. The number of hydrogen-bond donors (Lipinski definition) is 0. The smallest absolute Gasteiger partial charge is 0.263 e. The number of benzene rings is 1. The van der Waals surface area contributed by atoms with Crippen LogP contribution in [0.3, 0.4) is 0 Å². The van der Waals surface area contributed by atoms with Gasteiger partial charge in [-0.15, -0.1) is 11.3 Å². The van der Waals surface area contributed by atoms with Crippen LogP contribution >= 0.6 is 11.3 Å². The molecule has 2 amide bonds. The van der Waals surface area contributed by atoms with E-state index in [-0.39, 0.29) is 23.8 Å². The predicted octanol–water partition coefficient (Wildman–Crippen LogP) is 3.96. The van der Waals surface area contributed by atoms with Crippen LogP contribution in [0.15, 0.2) is 47.8 Å². The van der Waals surface area contributed by atoms with Crippen molar-refractivity contribution < 1.29 is 9.59 Å². The van der Waals surface area contributed by atoms with Crippen molar-refractivity contribution in [2.75, 3.05) is 19.6 Å². The van der Waals surface area contributed by atoms with Gasteiger partial charge in [0.05, 0.1) is 16.8 Å². The fourth-order valence-corrected chi connectivity index (χ4v) is 4.90. The Morgan fingerprint density at radius 1 is 0.962 bits per heavy atom. The van der Waals surface area contributed by atoms with E-state index in [2.05, 4.69) is 17.0 Å². The van der Waals surface area contributed by atoms with Crippen LogP contribution in [-0.2, 0) is 4.79 Å². The van der Waals surface area contributed by atoms with Gasteiger partial charge in [-0.2, -0.15) is 0 Å². The van der Waals surface area contributed by atoms with Crippen LogP contribution in [0.25, 0.3) is 0 Å². The number of amides is 2. The first kappa shape index (κ1) is 17.3. The Balaban J connectivity index is 1.46. The predicted molar refractivity (Wildman–Crippen MR) is 103 cm³/mol. The summed E-state index contributed by atoms with van der Waals surface area (Å²) in [4.78, 5) is 30.6. The average molecular weight is 369 g/mol. The molecule has 0 bridgehead atoms. The third-order valence-electron chi connectivity index (χ3n) is 5.51. The first-order valence-corrected chi connectivity index (χ1v) is 10.3. The molecule has 0 aliphatic carbocycles. The van der Waals surface area contributed by atoms with Gasteiger partial charge in [-0.3, -0.25) is 9.59 Å². The highest BCUT2D eigenvalue weighted by atomic mass is 32.1. The molecule has 26 heavy (non-hydrogen) atoms. The van der Waals surface area contributed by atoms with E-state index < -0.39 is 0 Å². The first-order chi connectivity index (χ1) is 12.7. The number of likely N-dealkylation sites (tertiary alicyclic amines) is 2. The fourth-order valence-electron chi connectivity index (χ4n) is 4.21. The normalized spacial score (nSPS) is 23.2. The zero-order valence-electron chi connectivity index (χ0n) is 14.8. The van der Waals surface area contributed by atoms with E-state index in [1.54, 1.807) is 0 Å². The minimum absolute atomic E-state index is 0.0681. The molecular weight excluding hydrogens is 344 g/mol. The van der Waals surface area contributed by atoms with Crippen molar-refractivity contribution in [3.8, 4) is 0 Å². The van der Waals surface area contributed by atoms with E-state index in [1.165, 1.54) is 16.9 Å². The molecule has 136 valence electrons. The van der Waals surface area contributed by atoms with Gasteiger partial charge in [0.1, 0.15) is 0 Å². The second-order valence-electron chi connectivity index (χ2n) is 7.17. The van der Waals surface area contributed by atoms with Gasteiger partial charge in [0, 0.05) is 19.6 Å². The van der Waals surface area contributed by atoms with Gasteiger partial charge < -0.3 is 9.80 Å². The molecule has 2 aromatic rings. The summed E-state index contributed by atoms with van der Waals surface area (Å²) in [5.41, 5.74) is 1.22. The maximum absolute atomic E-state index is 13.2. The second kappa shape index (κ2) is 7.62. The summed E-state index contributed by atoms with van der Waals surface area (Å²) in [6, 6.07) is 14.3. The van der Waals surface area contributed by atoms with E-state index >= 15 is 0 Å². The Morgan fingerprint density at radius 3 is 2.54 bits per heavy atom. The van der Waals surface area contributed by atoms with Crippen LogP contribution in [0, 0.1) is 5.92 Å². The molecule has 2 fully saturated rings. The lowest BCUT2D eigenvalue weighted by Gasteiger charge is -2.35. The summed E-state index contributed by atoms with van der Waals surface area (Å²) < 4.78 is 0. The molecular formula is C21H24N2O2S. The van der Waals surface area contributed by atoms with Crippen molar-refractivity contribution >= 4 is 23.2 Å². The zero-order valence-corrected chi connectivity index (χ0v) is 15.7. The van der Waals surface area contributed by atoms with Gasteiger partial charge in [-0.05, 0) is 42.7 Å². The Morgan fingerprint density at radius 2 is 1.77 bits per heavy atom. The van der Waals surface area contributed by atoms with Crippen molar-refractivity contribution in [1.29, 1.82) is 0 Å². The van der Waals surface area contributed by atoms with Gasteiger partial charge in [0.2, 0.25) is 5.91 Å². The minimum atomic E-state index is -0.0722. The average Bonchev–Trinajstić information content (AvgIpc) is 3.39.